The van der Waals surface area contributed by atoms with Gasteiger partial charge in [-0.1, -0.05) is 36.4 Å². The predicted molar refractivity (Wildman–Crippen MR) is 95.5 cm³/mol. The molecule has 126 valence electrons. The van der Waals surface area contributed by atoms with Crippen LogP contribution in [0.2, 0.25) is 0 Å². The summed E-state index contributed by atoms with van der Waals surface area (Å²) in [5.41, 5.74) is 2.84. The third-order valence-electron chi connectivity index (χ3n) is 4.22. The lowest BCUT2D eigenvalue weighted by Gasteiger charge is -2.08. The van der Waals surface area contributed by atoms with Gasteiger partial charge in [0.2, 0.25) is 0 Å². The first-order valence-electron chi connectivity index (χ1n) is 8.07. The van der Waals surface area contributed by atoms with Gasteiger partial charge in [-0.05, 0) is 24.3 Å². The molecule has 0 aliphatic rings. The first-order chi connectivity index (χ1) is 12.3. The minimum atomic E-state index is -0.125. The molecule has 4 aromatic rings. The Labute approximate surface area is 145 Å². The van der Waals surface area contributed by atoms with Crippen LogP contribution in [0.3, 0.4) is 0 Å². The number of methoxy groups -OCH3 is 1. The molecule has 1 N–H and O–H groups in total. The van der Waals surface area contributed by atoms with E-state index in [-0.39, 0.29) is 6.61 Å². The van der Waals surface area contributed by atoms with Crippen molar-refractivity contribution in [3.8, 4) is 17.2 Å². The van der Waals surface area contributed by atoms with E-state index < -0.39 is 0 Å². The first kappa shape index (κ1) is 15.5. The molecule has 0 fully saturated rings. The highest BCUT2D eigenvalue weighted by Gasteiger charge is 2.16. The second-order valence-electron chi connectivity index (χ2n) is 5.76. The first-order valence-corrected chi connectivity index (χ1v) is 8.07. The fourth-order valence-corrected chi connectivity index (χ4v) is 3.02. The number of nitrogens with zero attached hydrogens (tertiary/aromatic N) is 2. The molecule has 0 radical (unpaired) electrons. The van der Waals surface area contributed by atoms with Gasteiger partial charge < -0.3 is 14.3 Å². The SMILES string of the molecule is COc1ccccc1Cn1nc(-c2ccc(CO)o2)c2ccccc21. The average Bonchev–Trinajstić information content (AvgIpc) is 3.27. The third-order valence-corrected chi connectivity index (χ3v) is 4.22. The second-order valence-corrected chi connectivity index (χ2v) is 5.76. The van der Waals surface area contributed by atoms with Gasteiger partial charge in [0, 0.05) is 10.9 Å². The Hall–Kier alpha value is -3.05. The Morgan fingerprint density at radius 2 is 1.84 bits per heavy atom. The van der Waals surface area contributed by atoms with Crippen LogP contribution in [-0.2, 0) is 13.2 Å². The zero-order valence-electron chi connectivity index (χ0n) is 13.8. The standard InChI is InChI=1S/C20H18N2O3/c1-24-18-9-5-2-6-14(18)12-22-17-8-4-3-7-16(17)20(21-22)19-11-10-15(13-23)25-19/h2-11,23H,12-13H2,1H3. The van der Waals surface area contributed by atoms with E-state index in [0.717, 1.165) is 27.9 Å². The van der Waals surface area contributed by atoms with Crippen LogP contribution in [0.25, 0.3) is 22.4 Å². The number of hydrogen-bond acceptors (Lipinski definition) is 4. The van der Waals surface area contributed by atoms with Gasteiger partial charge >= 0.3 is 0 Å². The van der Waals surface area contributed by atoms with Crippen LogP contribution in [0.4, 0.5) is 0 Å². The summed E-state index contributed by atoms with van der Waals surface area (Å²) in [6.45, 7) is 0.470. The average molecular weight is 334 g/mol. The molecule has 5 nitrogen and oxygen atoms in total. The number of benzene rings is 2. The van der Waals surface area contributed by atoms with E-state index in [0.29, 0.717) is 18.1 Å². The smallest absolute Gasteiger partial charge is 0.155 e. The zero-order valence-corrected chi connectivity index (χ0v) is 13.8. The summed E-state index contributed by atoms with van der Waals surface area (Å²) in [5, 5.41) is 15.0. The van der Waals surface area contributed by atoms with Crippen LogP contribution in [0.5, 0.6) is 5.75 Å². The normalized spacial score (nSPS) is 11.1. The van der Waals surface area contributed by atoms with Crippen LogP contribution in [0.15, 0.2) is 65.1 Å². The van der Waals surface area contributed by atoms with E-state index in [1.54, 1.807) is 13.2 Å². The molecule has 0 unspecified atom stereocenters. The summed E-state index contributed by atoms with van der Waals surface area (Å²) < 4.78 is 13.1. The minimum absolute atomic E-state index is 0.125. The lowest BCUT2D eigenvalue weighted by Crippen LogP contribution is -2.03. The van der Waals surface area contributed by atoms with E-state index in [4.69, 9.17) is 14.3 Å². The van der Waals surface area contributed by atoms with Crippen molar-refractivity contribution < 1.29 is 14.3 Å². The number of aliphatic hydroxyl groups is 1. The van der Waals surface area contributed by atoms with Gasteiger partial charge in [0.05, 0.1) is 19.2 Å². The number of ether oxygens (including phenoxy) is 1. The summed E-state index contributed by atoms with van der Waals surface area (Å²) in [7, 11) is 1.67. The molecule has 0 bridgehead atoms. The number of aliphatic hydroxyl groups excluding tert-OH is 1. The number of para-hydroxylation sites is 2. The molecule has 2 aromatic carbocycles. The monoisotopic (exact) mass is 334 g/mol. The lowest BCUT2D eigenvalue weighted by atomic mass is 10.1. The van der Waals surface area contributed by atoms with Crippen molar-refractivity contribution in [2.75, 3.05) is 7.11 Å². The Bertz CT molecular complexity index is 1020. The number of aromatic nitrogens is 2. The number of hydrogen-bond donors (Lipinski definition) is 1. The van der Waals surface area contributed by atoms with Crippen LogP contribution >= 0.6 is 0 Å². The molecular weight excluding hydrogens is 316 g/mol. The molecule has 0 aliphatic heterocycles. The van der Waals surface area contributed by atoms with Crippen molar-refractivity contribution in [1.29, 1.82) is 0 Å². The number of fused-ring (bicyclic) bond motifs is 1. The molecule has 25 heavy (non-hydrogen) atoms. The molecule has 0 atom stereocenters. The largest absolute Gasteiger partial charge is 0.496 e. The van der Waals surface area contributed by atoms with Gasteiger partial charge in [0.25, 0.3) is 0 Å². The number of furan rings is 1. The summed E-state index contributed by atoms with van der Waals surface area (Å²) in [4.78, 5) is 0. The van der Waals surface area contributed by atoms with Gasteiger partial charge in [-0.2, -0.15) is 5.10 Å². The minimum Gasteiger partial charge on any atom is -0.496 e. The third kappa shape index (κ3) is 2.79. The molecule has 0 saturated heterocycles. The second kappa shape index (κ2) is 6.45. The van der Waals surface area contributed by atoms with Crippen LogP contribution in [0.1, 0.15) is 11.3 Å². The Morgan fingerprint density at radius 3 is 2.64 bits per heavy atom. The topological polar surface area (TPSA) is 60.4 Å². The van der Waals surface area contributed by atoms with E-state index in [9.17, 15) is 5.11 Å². The molecule has 0 spiro atoms. The molecule has 2 aromatic heterocycles. The van der Waals surface area contributed by atoms with Crippen molar-refractivity contribution >= 4 is 10.9 Å². The molecule has 0 amide bonds. The van der Waals surface area contributed by atoms with Gasteiger partial charge in [-0.15, -0.1) is 0 Å². The molecule has 0 aliphatic carbocycles. The maximum Gasteiger partial charge on any atom is 0.155 e. The predicted octanol–water partition coefficient (Wildman–Crippen LogP) is 3.85. The molecule has 0 saturated carbocycles. The van der Waals surface area contributed by atoms with Gasteiger partial charge in [-0.25, -0.2) is 0 Å². The summed E-state index contributed by atoms with van der Waals surface area (Å²) >= 11 is 0. The van der Waals surface area contributed by atoms with Crippen molar-refractivity contribution in [3.63, 3.8) is 0 Å². The molecule has 5 heteroatoms. The zero-order chi connectivity index (χ0) is 17.2. The highest BCUT2D eigenvalue weighted by Crippen LogP contribution is 2.30. The van der Waals surface area contributed by atoms with E-state index in [1.807, 2.05) is 59.3 Å². The van der Waals surface area contributed by atoms with Crippen molar-refractivity contribution in [1.82, 2.24) is 9.78 Å². The maximum absolute atomic E-state index is 9.24. The van der Waals surface area contributed by atoms with E-state index in [2.05, 4.69) is 0 Å². The Morgan fingerprint density at radius 1 is 1.04 bits per heavy atom. The van der Waals surface area contributed by atoms with Gasteiger partial charge in [-0.3, -0.25) is 4.68 Å². The van der Waals surface area contributed by atoms with Crippen LogP contribution in [0, 0.1) is 0 Å². The van der Waals surface area contributed by atoms with Crippen molar-refractivity contribution in [2.45, 2.75) is 13.2 Å². The van der Waals surface area contributed by atoms with Gasteiger partial charge in [0.15, 0.2) is 5.76 Å². The van der Waals surface area contributed by atoms with Crippen molar-refractivity contribution in [3.05, 3.63) is 72.0 Å². The Kier molecular flexibility index (Phi) is 3.99. The highest BCUT2D eigenvalue weighted by molar-refractivity contribution is 5.92. The maximum atomic E-state index is 9.24. The van der Waals surface area contributed by atoms with Crippen molar-refractivity contribution in [2.24, 2.45) is 0 Å². The molecular formula is C20H18N2O3. The molecule has 4 rings (SSSR count). The summed E-state index contributed by atoms with van der Waals surface area (Å²) in [5.74, 6) is 2.02. The Balaban J connectivity index is 1.82. The highest BCUT2D eigenvalue weighted by atomic mass is 16.5. The van der Waals surface area contributed by atoms with Gasteiger partial charge in [0.1, 0.15) is 23.8 Å². The summed E-state index contributed by atoms with van der Waals surface area (Å²) in [6.07, 6.45) is 0. The fraction of sp³-hybridized carbons (Fsp3) is 0.150. The fourth-order valence-electron chi connectivity index (χ4n) is 3.02. The van der Waals surface area contributed by atoms with E-state index >= 15 is 0 Å². The van der Waals surface area contributed by atoms with E-state index in [1.165, 1.54) is 0 Å². The van der Waals surface area contributed by atoms with Crippen LogP contribution < -0.4 is 4.74 Å². The lowest BCUT2D eigenvalue weighted by molar-refractivity contribution is 0.248. The van der Waals surface area contributed by atoms with Crippen LogP contribution in [-0.4, -0.2) is 22.0 Å². The molecule has 2 heterocycles. The number of rotatable bonds is 5. The summed E-state index contributed by atoms with van der Waals surface area (Å²) in [6, 6.07) is 19.6. The quantitative estimate of drug-likeness (QED) is 0.602.